The molecule has 1 atom stereocenters. The van der Waals surface area contributed by atoms with Gasteiger partial charge in [0.05, 0.1) is 25.9 Å². The number of methoxy groups -OCH3 is 2. The predicted molar refractivity (Wildman–Crippen MR) is 132 cm³/mol. The molecule has 0 aliphatic carbocycles. The van der Waals surface area contributed by atoms with Crippen molar-refractivity contribution < 1.29 is 28.2 Å². The average molecular weight is 475 g/mol. The second-order valence-corrected chi connectivity index (χ2v) is 7.78. The van der Waals surface area contributed by atoms with E-state index in [4.69, 9.17) is 18.6 Å². The number of ether oxygens (including phenoxy) is 3. The van der Waals surface area contributed by atoms with Crippen LogP contribution in [0.5, 0.6) is 17.2 Å². The fourth-order valence-electron chi connectivity index (χ4n) is 3.57. The van der Waals surface area contributed by atoms with Crippen molar-refractivity contribution in [2.45, 2.75) is 13.0 Å². The van der Waals surface area contributed by atoms with Gasteiger partial charge in [-0.25, -0.2) is 0 Å². The molecule has 0 unspecified atom stereocenters. The van der Waals surface area contributed by atoms with Crippen LogP contribution in [0.3, 0.4) is 0 Å². The SMILES string of the molecule is COc1ccccc1NC(=O)COc1ccc(C(=O)N[C@H](C)c2cc3ccccc3o2)cc1OC. The number of amides is 2. The number of furan rings is 1. The van der Waals surface area contributed by atoms with E-state index >= 15 is 0 Å². The Labute approximate surface area is 202 Å². The smallest absolute Gasteiger partial charge is 0.262 e. The van der Waals surface area contributed by atoms with Crippen molar-refractivity contribution in [2.24, 2.45) is 0 Å². The summed E-state index contributed by atoms with van der Waals surface area (Å²) in [5.41, 5.74) is 1.69. The molecule has 0 spiro atoms. The second-order valence-electron chi connectivity index (χ2n) is 7.78. The third kappa shape index (κ3) is 5.55. The van der Waals surface area contributed by atoms with Crippen molar-refractivity contribution >= 4 is 28.5 Å². The highest BCUT2D eigenvalue weighted by molar-refractivity contribution is 5.95. The maximum atomic E-state index is 12.8. The largest absolute Gasteiger partial charge is 0.495 e. The van der Waals surface area contributed by atoms with Crippen LogP contribution >= 0.6 is 0 Å². The monoisotopic (exact) mass is 474 g/mol. The molecule has 2 N–H and O–H groups in total. The number of hydrogen-bond donors (Lipinski definition) is 2. The number of carbonyl (C=O) groups is 2. The predicted octanol–water partition coefficient (Wildman–Crippen LogP) is 4.96. The van der Waals surface area contributed by atoms with E-state index in [9.17, 15) is 9.59 Å². The molecule has 4 rings (SSSR count). The molecule has 1 heterocycles. The second kappa shape index (κ2) is 10.6. The Balaban J connectivity index is 1.39. The zero-order valence-corrected chi connectivity index (χ0v) is 19.7. The van der Waals surface area contributed by atoms with Gasteiger partial charge in [-0.1, -0.05) is 30.3 Å². The van der Waals surface area contributed by atoms with Crippen molar-refractivity contribution in [3.8, 4) is 17.2 Å². The van der Waals surface area contributed by atoms with Crippen LogP contribution in [0.25, 0.3) is 11.0 Å². The van der Waals surface area contributed by atoms with E-state index in [0.29, 0.717) is 34.3 Å². The number of rotatable bonds is 9. The number of hydrogen-bond acceptors (Lipinski definition) is 6. The van der Waals surface area contributed by atoms with Crippen molar-refractivity contribution in [1.82, 2.24) is 5.32 Å². The van der Waals surface area contributed by atoms with Gasteiger partial charge in [0.1, 0.15) is 17.1 Å². The molecule has 35 heavy (non-hydrogen) atoms. The molecule has 3 aromatic carbocycles. The van der Waals surface area contributed by atoms with Crippen molar-refractivity contribution in [3.05, 3.63) is 84.1 Å². The molecule has 8 heteroatoms. The number of nitrogens with one attached hydrogen (secondary N) is 2. The van der Waals surface area contributed by atoms with E-state index in [2.05, 4.69) is 10.6 Å². The van der Waals surface area contributed by atoms with Crippen LogP contribution in [0.1, 0.15) is 29.1 Å². The van der Waals surface area contributed by atoms with Gasteiger partial charge in [0.15, 0.2) is 18.1 Å². The van der Waals surface area contributed by atoms with E-state index in [1.807, 2.05) is 43.3 Å². The Morgan fingerprint density at radius 2 is 1.63 bits per heavy atom. The summed E-state index contributed by atoms with van der Waals surface area (Å²) in [5, 5.41) is 6.64. The minimum absolute atomic E-state index is 0.247. The molecule has 4 aromatic rings. The van der Waals surface area contributed by atoms with E-state index in [1.165, 1.54) is 14.2 Å². The lowest BCUT2D eigenvalue weighted by Crippen LogP contribution is -2.26. The summed E-state index contributed by atoms with van der Waals surface area (Å²) in [6, 6.07) is 21.1. The molecule has 0 fully saturated rings. The topological polar surface area (TPSA) is 99.0 Å². The molecule has 0 saturated carbocycles. The number of carbonyl (C=O) groups excluding carboxylic acids is 2. The third-order valence-corrected chi connectivity index (χ3v) is 5.38. The maximum Gasteiger partial charge on any atom is 0.262 e. The van der Waals surface area contributed by atoms with Crippen LogP contribution in [-0.2, 0) is 4.79 Å². The van der Waals surface area contributed by atoms with Crippen LogP contribution in [-0.4, -0.2) is 32.6 Å². The molecule has 180 valence electrons. The van der Waals surface area contributed by atoms with Gasteiger partial charge in [0.2, 0.25) is 0 Å². The van der Waals surface area contributed by atoms with Gasteiger partial charge in [-0.3, -0.25) is 9.59 Å². The first-order valence-electron chi connectivity index (χ1n) is 11.0. The molecule has 0 aliphatic rings. The molecular formula is C27H26N2O6. The Morgan fingerprint density at radius 3 is 2.40 bits per heavy atom. The lowest BCUT2D eigenvalue weighted by Gasteiger charge is -2.14. The van der Waals surface area contributed by atoms with E-state index in [-0.39, 0.29) is 24.5 Å². The minimum Gasteiger partial charge on any atom is -0.495 e. The van der Waals surface area contributed by atoms with Crippen LogP contribution < -0.4 is 24.8 Å². The fourth-order valence-corrected chi connectivity index (χ4v) is 3.57. The van der Waals surface area contributed by atoms with E-state index in [1.54, 1.807) is 36.4 Å². The third-order valence-electron chi connectivity index (χ3n) is 5.38. The fraction of sp³-hybridized carbons (Fsp3) is 0.185. The Kier molecular flexibility index (Phi) is 7.21. The van der Waals surface area contributed by atoms with Crippen LogP contribution in [0.2, 0.25) is 0 Å². The highest BCUT2D eigenvalue weighted by Crippen LogP contribution is 2.29. The zero-order valence-electron chi connectivity index (χ0n) is 19.7. The van der Waals surface area contributed by atoms with Gasteiger partial charge in [-0.15, -0.1) is 0 Å². The van der Waals surface area contributed by atoms with Gasteiger partial charge in [-0.05, 0) is 49.4 Å². The Hall–Kier alpha value is -4.46. The Morgan fingerprint density at radius 1 is 0.886 bits per heavy atom. The highest BCUT2D eigenvalue weighted by Gasteiger charge is 2.18. The first kappa shape index (κ1) is 23.7. The van der Waals surface area contributed by atoms with Crippen molar-refractivity contribution in [2.75, 3.05) is 26.1 Å². The molecule has 0 radical (unpaired) electrons. The maximum absolute atomic E-state index is 12.8. The molecule has 8 nitrogen and oxygen atoms in total. The standard InChI is InChI=1S/C27H26N2O6/c1-17(24-14-18-8-4-6-10-21(18)35-24)28-27(31)19-12-13-23(25(15-19)33-3)34-16-26(30)29-20-9-5-7-11-22(20)32-2/h4-15,17H,16H2,1-3H3,(H,28,31)(H,29,30)/t17-/m1/s1. The summed E-state index contributed by atoms with van der Waals surface area (Å²) in [7, 11) is 3.00. The molecule has 0 bridgehead atoms. The van der Waals surface area contributed by atoms with Gasteiger partial charge in [-0.2, -0.15) is 0 Å². The first-order valence-corrected chi connectivity index (χ1v) is 11.0. The van der Waals surface area contributed by atoms with Crippen LogP contribution in [0.15, 0.2) is 77.2 Å². The number of para-hydroxylation sites is 3. The first-order chi connectivity index (χ1) is 17.0. The lowest BCUT2D eigenvalue weighted by atomic mass is 10.1. The summed E-state index contributed by atoms with van der Waals surface area (Å²) in [6.07, 6.45) is 0. The number of benzene rings is 3. The highest BCUT2D eigenvalue weighted by atomic mass is 16.5. The average Bonchev–Trinajstić information content (AvgIpc) is 3.32. The van der Waals surface area contributed by atoms with Crippen molar-refractivity contribution in [3.63, 3.8) is 0 Å². The van der Waals surface area contributed by atoms with Crippen LogP contribution in [0.4, 0.5) is 5.69 Å². The summed E-state index contributed by atoms with van der Waals surface area (Å²) in [5.74, 6) is 1.22. The summed E-state index contributed by atoms with van der Waals surface area (Å²) < 4.78 is 22.1. The van der Waals surface area contributed by atoms with Crippen LogP contribution in [0, 0.1) is 0 Å². The summed E-state index contributed by atoms with van der Waals surface area (Å²) in [4.78, 5) is 25.2. The van der Waals surface area contributed by atoms with Crippen molar-refractivity contribution in [1.29, 1.82) is 0 Å². The minimum atomic E-state index is -0.363. The number of fused-ring (bicyclic) bond motifs is 1. The quantitative estimate of drug-likeness (QED) is 0.356. The molecular weight excluding hydrogens is 448 g/mol. The lowest BCUT2D eigenvalue weighted by molar-refractivity contribution is -0.118. The molecule has 2 amide bonds. The van der Waals surface area contributed by atoms with Gasteiger partial charge in [0, 0.05) is 10.9 Å². The van der Waals surface area contributed by atoms with Gasteiger partial charge >= 0.3 is 0 Å². The summed E-state index contributed by atoms with van der Waals surface area (Å²) in [6.45, 7) is 1.60. The van der Waals surface area contributed by atoms with Gasteiger partial charge in [0.25, 0.3) is 11.8 Å². The molecule has 0 saturated heterocycles. The molecule has 1 aromatic heterocycles. The van der Waals surface area contributed by atoms with E-state index < -0.39 is 0 Å². The van der Waals surface area contributed by atoms with E-state index in [0.717, 1.165) is 11.0 Å². The Bertz CT molecular complexity index is 1310. The normalized spacial score (nSPS) is 11.5. The zero-order chi connectivity index (χ0) is 24.8. The summed E-state index contributed by atoms with van der Waals surface area (Å²) >= 11 is 0. The number of anilines is 1. The van der Waals surface area contributed by atoms with Gasteiger partial charge < -0.3 is 29.3 Å². The molecule has 0 aliphatic heterocycles.